The molecule has 2 heterocycles. The topological polar surface area (TPSA) is 67.0 Å². The van der Waals surface area contributed by atoms with Crippen LogP contribution >= 0.6 is 12.2 Å². The van der Waals surface area contributed by atoms with E-state index in [0.717, 1.165) is 68.3 Å². The van der Waals surface area contributed by atoms with Crippen molar-refractivity contribution in [1.29, 1.82) is 0 Å². The Hall–Kier alpha value is -3.94. The van der Waals surface area contributed by atoms with Crippen molar-refractivity contribution in [3.63, 3.8) is 0 Å². The molecule has 1 aromatic heterocycles. The average Bonchev–Trinajstić information content (AvgIpc) is 3.32. The van der Waals surface area contributed by atoms with E-state index in [9.17, 15) is 9.90 Å². The first kappa shape index (κ1) is 38.3. The number of fused-ring (bicyclic) bond motifs is 1. The number of benzene rings is 2. The second-order valence-electron chi connectivity index (χ2n) is 15.1. The van der Waals surface area contributed by atoms with Gasteiger partial charge in [-0.1, -0.05) is 96.2 Å². The molecule has 2 aliphatic rings. The van der Waals surface area contributed by atoms with Crippen molar-refractivity contribution >= 4 is 29.2 Å². The van der Waals surface area contributed by atoms with Gasteiger partial charge in [0.25, 0.3) is 5.56 Å². The average molecular weight is 708 g/mol. The Balaban J connectivity index is 1.67. The molecular weight excluding hydrogens is 649 g/mol. The summed E-state index contributed by atoms with van der Waals surface area (Å²) in [5.74, 6) is -0.0412. The Morgan fingerprint density at radius 2 is 1.65 bits per heavy atom. The maximum atomic E-state index is 14.3. The van der Waals surface area contributed by atoms with Crippen molar-refractivity contribution in [2.45, 2.75) is 118 Å². The summed E-state index contributed by atoms with van der Waals surface area (Å²) in [6, 6.07) is 17.5. The molecule has 51 heavy (non-hydrogen) atoms. The fraction of sp³-hybridized carbons (Fsp3) is 0.455. The highest BCUT2D eigenvalue weighted by atomic mass is 32.1. The molecule has 0 spiro atoms. The van der Waals surface area contributed by atoms with Crippen LogP contribution in [0.15, 0.2) is 94.5 Å². The normalized spacial score (nSPS) is 17.7. The molecule has 0 unspecified atom stereocenters. The van der Waals surface area contributed by atoms with Gasteiger partial charge < -0.3 is 15.3 Å². The van der Waals surface area contributed by atoms with Gasteiger partial charge in [-0.05, 0) is 110 Å². The molecule has 0 radical (unpaired) electrons. The van der Waals surface area contributed by atoms with Gasteiger partial charge >= 0.3 is 0 Å². The zero-order valence-electron chi connectivity index (χ0n) is 32.2. The molecule has 0 fully saturated rings. The van der Waals surface area contributed by atoms with Crippen LogP contribution in [-0.4, -0.2) is 27.3 Å². The molecule has 272 valence electrons. The second-order valence-corrected chi connectivity index (χ2v) is 15.5. The first-order chi connectivity index (χ1) is 24.4. The number of anilines is 1. The van der Waals surface area contributed by atoms with Crippen molar-refractivity contribution in [2.75, 3.05) is 18.0 Å². The molecule has 1 aliphatic carbocycles. The number of allylic oxidation sites excluding steroid dienone is 8. The number of aromatic hydroxyl groups is 1. The molecule has 0 bridgehead atoms. The maximum Gasteiger partial charge on any atom is 0.266 e. The summed E-state index contributed by atoms with van der Waals surface area (Å²) in [5.41, 5.74) is 9.37. The van der Waals surface area contributed by atoms with Crippen LogP contribution in [0.2, 0.25) is 0 Å². The van der Waals surface area contributed by atoms with E-state index in [1.807, 2.05) is 13.8 Å². The Bertz CT molecular complexity index is 1990. The zero-order valence-corrected chi connectivity index (χ0v) is 33.0. The molecule has 1 aliphatic heterocycles. The zero-order chi connectivity index (χ0) is 36.9. The molecule has 2 aromatic carbocycles. The van der Waals surface area contributed by atoms with Crippen LogP contribution in [-0.2, 0) is 23.9 Å². The summed E-state index contributed by atoms with van der Waals surface area (Å²) in [4.78, 5) is 16.8. The highest BCUT2D eigenvalue weighted by Crippen LogP contribution is 2.48. The van der Waals surface area contributed by atoms with Crippen LogP contribution < -0.4 is 15.8 Å². The van der Waals surface area contributed by atoms with Gasteiger partial charge in [-0.15, -0.1) is 0 Å². The Morgan fingerprint density at radius 1 is 0.941 bits per heavy atom. The van der Waals surface area contributed by atoms with Crippen molar-refractivity contribution in [2.24, 2.45) is 0 Å². The van der Waals surface area contributed by atoms with Gasteiger partial charge in [0.15, 0.2) is 4.77 Å². The third-order valence-corrected chi connectivity index (χ3v) is 11.2. The predicted molar refractivity (Wildman–Crippen MR) is 217 cm³/mol. The first-order valence-corrected chi connectivity index (χ1v) is 19.5. The largest absolute Gasteiger partial charge is 0.494 e. The molecule has 3 N–H and O–H groups in total. The SMILES string of the molecule is CCC[NH2+]c1ccccc1C(C)(C)C/C=C/C1=C(c2c(O)n(CC)c(=S)n(CC)c2=O)C(=C/C=C2/N(CCC)c3ccccc3C2(C)C)/CCC1. The van der Waals surface area contributed by atoms with Gasteiger partial charge in [-0.2, -0.15) is 0 Å². The maximum absolute atomic E-state index is 14.3. The second kappa shape index (κ2) is 16.2. The van der Waals surface area contributed by atoms with E-state index in [1.165, 1.54) is 28.2 Å². The van der Waals surface area contributed by atoms with E-state index in [0.29, 0.717) is 23.4 Å². The summed E-state index contributed by atoms with van der Waals surface area (Å²) in [7, 11) is 0. The molecule has 0 atom stereocenters. The molecule has 0 saturated heterocycles. The van der Waals surface area contributed by atoms with Gasteiger partial charge in [-0.3, -0.25) is 13.9 Å². The van der Waals surface area contributed by atoms with Crippen molar-refractivity contribution in [3.8, 4) is 5.88 Å². The smallest absolute Gasteiger partial charge is 0.266 e. The van der Waals surface area contributed by atoms with Crippen LogP contribution in [0, 0.1) is 4.77 Å². The van der Waals surface area contributed by atoms with Crippen molar-refractivity contribution in [3.05, 3.63) is 121 Å². The fourth-order valence-electron chi connectivity index (χ4n) is 8.03. The number of quaternary nitrogens is 1. The molecule has 0 amide bonds. The standard InChI is InChI=1S/C44H58N4O2S/c1-9-29-45-35-24-15-13-22-33(35)43(5,6)28-18-21-31-19-17-20-32(38(31)39-40(49)46(11-3)42(51)47(12-4)41(39)50)26-27-37-44(7,8)34-23-14-16-25-36(34)48(37)30-10-2/h13-16,18,21-27,45,49H,9-12,17,19-20,28-30H2,1-8H3/p+1/b21-18+,32-26+,37-27+. The van der Waals surface area contributed by atoms with Gasteiger partial charge in [0.2, 0.25) is 5.88 Å². The third kappa shape index (κ3) is 7.52. The number of nitrogens with two attached hydrogens (primary N) is 1. The minimum absolute atomic E-state index is 0.0412. The summed E-state index contributed by atoms with van der Waals surface area (Å²) < 4.78 is 3.68. The van der Waals surface area contributed by atoms with Crippen LogP contribution in [0.5, 0.6) is 5.88 Å². The number of aromatic nitrogens is 2. The lowest BCUT2D eigenvalue weighted by Gasteiger charge is -2.28. The Kier molecular flexibility index (Phi) is 12.1. The number of hydrogen-bond donors (Lipinski definition) is 2. The summed E-state index contributed by atoms with van der Waals surface area (Å²) in [6.07, 6.45) is 14.6. The van der Waals surface area contributed by atoms with E-state index in [2.05, 4.69) is 125 Å². The lowest BCUT2D eigenvalue weighted by molar-refractivity contribution is -0.572. The Morgan fingerprint density at radius 3 is 2.35 bits per heavy atom. The van der Waals surface area contributed by atoms with E-state index in [1.54, 1.807) is 9.13 Å². The molecule has 7 heteroatoms. The van der Waals surface area contributed by atoms with E-state index in [-0.39, 0.29) is 22.3 Å². The lowest BCUT2D eigenvalue weighted by atomic mass is 9.79. The molecule has 3 aromatic rings. The number of rotatable bonds is 13. The molecule has 5 rings (SSSR count). The predicted octanol–water partition coefficient (Wildman–Crippen LogP) is 9.61. The highest BCUT2D eigenvalue weighted by molar-refractivity contribution is 7.71. The van der Waals surface area contributed by atoms with Gasteiger partial charge in [0.1, 0.15) is 11.3 Å². The van der Waals surface area contributed by atoms with Crippen molar-refractivity contribution in [1.82, 2.24) is 9.13 Å². The third-order valence-electron chi connectivity index (χ3n) is 10.8. The molecule has 6 nitrogen and oxygen atoms in total. The van der Waals surface area contributed by atoms with E-state index in [4.69, 9.17) is 12.2 Å². The van der Waals surface area contributed by atoms with Crippen LogP contribution in [0.3, 0.4) is 0 Å². The minimum Gasteiger partial charge on any atom is -0.494 e. The summed E-state index contributed by atoms with van der Waals surface area (Å²) in [5, 5.41) is 14.2. The number of hydrogen-bond acceptors (Lipinski definition) is 4. The molecular formula is C44H59N4O2S+. The van der Waals surface area contributed by atoms with Crippen LogP contribution in [0.1, 0.15) is 111 Å². The van der Waals surface area contributed by atoms with Gasteiger partial charge in [0.05, 0.1) is 6.54 Å². The van der Waals surface area contributed by atoms with Gasteiger partial charge in [-0.25, -0.2) is 0 Å². The summed E-state index contributed by atoms with van der Waals surface area (Å²) >= 11 is 5.70. The number of para-hydroxylation sites is 2. The van der Waals surface area contributed by atoms with Gasteiger partial charge in [0, 0.05) is 42.0 Å². The minimum atomic E-state index is -0.229. The Labute approximate surface area is 310 Å². The van der Waals surface area contributed by atoms with Crippen LogP contribution in [0.4, 0.5) is 11.4 Å². The van der Waals surface area contributed by atoms with E-state index < -0.39 is 0 Å². The number of nitrogens with zero attached hydrogens (tertiary/aromatic N) is 3. The van der Waals surface area contributed by atoms with Crippen LogP contribution in [0.25, 0.3) is 5.57 Å². The highest BCUT2D eigenvalue weighted by Gasteiger charge is 2.39. The lowest BCUT2D eigenvalue weighted by Crippen LogP contribution is -2.78. The monoisotopic (exact) mass is 707 g/mol. The first-order valence-electron chi connectivity index (χ1n) is 19.1. The molecule has 0 saturated carbocycles. The summed E-state index contributed by atoms with van der Waals surface area (Å²) in [6.45, 7) is 20.5. The van der Waals surface area contributed by atoms with Crippen molar-refractivity contribution < 1.29 is 10.4 Å². The van der Waals surface area contributed by atoms with E-state index >= 15 is 0 Å². The fourth-order valence-corrected chi connectivity index (χ4v) is 8.46. The quantitative estimate of drug-likeness (QED) is 0.137.